The topological polar surface area (TPSA) is 17.8 Å². The summed E-state index contributed by atoms with van der Waals surface area (Å²) in [7, 11) is 0. The lowest BCUT2D eigenvalue weighted by molar-refractivity contribution is 0.853. The molecule has 1 aromatic heterocycles. The van der Waals surface area contributed by atoms with E-state index in [0.29, 0.717) is 6.54 Å². The van der Waals surface area contributed by atoms with E-state index in [4.69, 9.17) is 0 Å². The molecule has 0 bridgehead atoms. The van der Waals surface area contributed by atoms with Gasteiger partial charge in [-0.1, -0.05) is 66.3 Å². The van der Waals surface area contributed by atoms with Crippen LogP contribution in [0, 0.1) is 23.7 Å². The molecule has 0 amide bonds. The second-order valence-corrected chi connectivity index (χ2v) is 5.79. The van der Waals surface area contributed by atoms with Crippen molar-refractivity contribution in [3.8, 4) is 23.7 Å². The Kier molecular flexibility index (Phi) is 4.50. The number of para-hydroxylation sites is 2. The normalized spacial score (nSPS) is 9.85. The lowest BCUT2D eigenvalue weighted by atomic mass is 10.2. The minimum absolute atomic E-state index is 0.550. The van der Waals surface area contributed by atoms with Crippen molar-refractivity contribution in [1.29, 1.82) is 0 Å². The summed E-state index contributed by atoms with van der Waals surface area (Å²) < 4.78 is 2.07. The zero-order chi connectivity index (χ0) is 17.6. The zero-order valence-corrected chi connectivity index (χ0v) is 14.2. The first kappa shape index (κ1) is 15.8. The van der Waals surface area contributed by atoms with E-state index in [1.807, 2.05) is 78.9 Å². The number of rotatable bonds is 1. The molecule has 0 aliphatic rings. The van der Waals surface area contributed by atoms with Crippen LogP contribution in [0.2, 0.25) is 0 Å². The van der Waals surface area contributed by atoms with Gasteiger partial charge in [-0.15, -0.1) is 0 Å². The Morgan fingerprint density at radius 3 is 2.00 bits per heavy atom. The van der Waals surface area contributed by atoms with Crippen LogP contribution in [0.25, 0.3) is 11.0 Å². The Morgan fingerprint density at radius 1 is 0.654 bits per heavy atom. The van der Waals surface area contributed by atoms with E-state index in [2.05, 4.69) is 39.3 Å². The Balaban J connectivity index is 1.71. The largest absolute Gasteiger partial charge is 0.305 e. The molecule has 0 spiro atoms. The molecular weight excluding hydrogens is 316 g/mol. The van der Waals surface area contributed by atoms with E-state index in [1.165, 1.54) is 0 Å². The summed E-state index contributed by atoms with van der Waals surface area (Å²) in [6.45, 7) is 0.550. The lowest BCUT2D eigenvalue weighted by Gasteiger charge is -2.00. The predicted molar refractivity (Wildman–Crippen MR) is 105 cm³/mol. The molecule has 0 saturated heterocycles. The molecule has 0 unspecified atom stereocenters. The number of nitrogens with zero attached hydrogens (tertiary/aromatic N) is 2. The highest BCUT2D eigenvalue weighted by Crippen LogP contribution is 2.15. The van der Waals surface area contributed by atoms with E-state index >= 15 is 0 Å². The van der Waals surface area contributed by atoms with Crippen molar-refractivity contribution in [1.82, 2.24) is 9.55 Å². The molecule has 2 nitrogen and oxygen atoms in total. The summed E-state index contributed by atoms with van der Waals surface area (Å²) in [6, 6.07) is 28.0. The molecule has 0 N–H and O–H groups in total. The standard InChI is InChI=1S/C24H16N2/c1-3-10-20(11-4-1)14-9-19-26-23-16-8-7-15-22(23)25-24(26)18-17-21-12-5-2-6-13-21/h1-8,10-13,15-16H,19H2. The number of imidazole rings is 1. The van der Waals surface area contributed by atoms with Gasteiger partial charge in [0.1, 0.15) is 0 Å². The highest BCUT2D eigenvalue weighted by Gasteiger charge is 2.07. The van der Waals surface area contributed by atoms with Crippen LogP contribution >= 0.6 is 0 Å². The fourth-order valence-electron chi connectivity index (χ4n) is 2.72. The minimum Gasteiger partial charge on any atom is -0.305 e. The summed E-state index contributed by atoms with van der Waals surface area (Å²) in [4.78, 5) is 4.67. The Morgan fingerprint density at radius 2 is 1.27 bits per heavy atom. The Labute approximate surface area is 153 Å². The van der Waals surface area contributed by atoms with Gasteiger partial charge in [0.2, 0.25) is 0 Å². The maximum absolute atomic E-state index is 4.67. The van der Waals surface area contributed by atoms with E-state index in [-0.39, 0.29) is 0 Å². The lowest BCUT2D eigenvalue weighted by Crippen LogP contribution is -1.99. The predicted octanol–water partition coefficient (Wildman–Crippen LogP) is 4.49. The molecule has 4 rings (SSSR count). The molecule has 4 aromatic rings. The van der Waals surface area contributed by atoms with Gasteiger partial charge in [-0.25, -0.2) is 4.98 Å². The molecule has 122 valence electrons. The van der Waals surface area contributed by atoms with Crippen LogP contribution < -0.4 is 0 Å². The first-order valence-corrected chi connectivity index (χ1v) is 8.46. The summed E-state index contributed by atoms with van der Waals surface area (Å²) in [5.74, 6) is 13.6. The number of aromatic nitrogens is 2. The van der Waals surface area contributed by atoms with Gasteiger partial charge in [0.25, 0.3) is 0 Å². The number of hydrogen-bond donors (Lipinski definition) is 0. The zero-order valence-electron chi connectivity index (χ0n) is 14.2. The second-order valence-electron chi connectivity index (χ2n) is 5.79. The summed E-state index contributed by atoms with van der Waals surface area (Å²) in [5.41, 5.74) is 3.97. The van der Waals surface area contributed by atoms with Gasteiger partial charge in [0.15, 0.2) is 5.82 Å². The van der Waals surface area contributed by atoms with Gasteiger partial charge in [0, 0.05) is 11.1 Å². The van der Waals surface area contributed by atoms with Crippen LogP contribution in [0.1, 0.15) is 17.0 Å². The van der Waals surface area contributed by atoms with Crippen LogP contribution in [0.4, 0.5) is 0 Å². The van der Waals surface area contributed by atoms with Crippen molar-refractivity contribution in [3.05, 3.63) is 102 Å². The second kappa shape index (κ2) is 7.43. The van der Waals surface area contributed by atoms with Crippen molar-refractivity contribution < 1.29 is 0 Å². The fraction of sp³-hybridized carbons (Fsp3) is 0.0417. The molecule has 2 heteroatoms. The number of hydrogen-bond acceptors (Lipinski definition) is 1. The van der Waals surface area contributed by atoms with Crippen molar-refractivity contribution in [3.63, 3.8) is 0 Å². The van der Waals surface area contributed by atoms with Gasteiger partial charge in [-0.2, -0.15) is 0 Å². The van der Waals surface area contributed by atoms with Crippen molar-refractivity contribution in [2.24, 2.45) is 0 Å². The van der Waals surface area contributed by atoms with Crippen LogP contribution in [0.3, 0.4) is 0 Å². The molecule has 0 atom stereocenters. The van der Waals surface area contributed by atoms with Gasteiger partial charge in [-0.05, 0) is 42.3 Å². The molecule has 0 aliphatic heterocycles. The van der Waals surface area contributed by atoms with Crippen molar-refractivity contribution >= 4 is 11.0 Å². The van der Waals surface area contributed by atoms with Crippen molar-refractivity contribution in [2.75, 3.05) is 0 Å². The number of benzene rings is 3. The summed E-state index contributed by atoms with van der Waals surface area (Å²) in [6.07, 6.45) is 0. The van der Waals surface area contributed by atoms with Gasteiger partial charge in [-0.3, -0.25) is 0 Å². The third-order valence-electron chi connectivity index (χ3n) is 3.99. The first-order chi connectivity index (χ1) is 12.9. The van der Waals surface area contributed by atoms with Gasteiger partial charge in [0.05, 0.1) is 17.6 Å². The van der Waals surface area contributed by atoms with E-state index in [9.17, 15) is 0 Å². The molecule has 0 aliphatic carbocycles. The molecule has 0 radical (unpaired) electrons. The third-order valence-corrected chi connectivity index (χ3v) is 3.99. The fourth-order valence-corrected chi connectivity index (χ4v) is 2.72. The monoisotopic (exact) mass is 332 g/mol. The molecule has 0 fully saturated rings. The number of fused-ring (bicyclic) bond motifs is 1. The first-order valence-electron chi connectivity index (χ1n) is 8.46. The molecular formula is C24H16N2. The summed E-state index contributed by atoms with van der Waals surface area (Å²) in [5, 5.41) is 0. The third kappa shape index (κ3) is 3.51. The SMILES string of the molecule is C(#Cc1ccccc1)Cn1c(C#Cc2ccccc2)nc2ccccc21. The molecule has 26 heavy (non-hydrogen) atoms. The Hall–Kier alpha value is -3.75. The average Bonchev–Trinajstić information content (AvgIpc) is 3.06. The van der Waals surface area contributed by atoms with E-state index < -0.39 is 0 Å². The molecule has 3 aromatic carbocycles. The van der Waals surface area contributed by atoms with Crippen LogP contribution in [0.15, 0.2) is 84.9 Å². The average molecular weight is 332 g/mol. The molecule has 1 heterocycles. The smallest absolute Gasteiger partial charge is 0.187 e. The quantitative estimate of drug-likeness (QED) is 0.470. The molecule has 0 saturated carbocycles. The van der Waals surface area contributed by atoms with Gasteiger partial charge >= 0.3 is 0 Å². The van der Waals surface area contributed by atoms with E-state index in [1.54, 1.807) is 0 Å². The highest BCUT2D eigenvalue weighted by atomic mass is 15.1. The van der Waals surface area contributed by atoms with Crippen LogP contribution in [-0.2, 0) is 6.54 Å². The van der Waals surface area contributed by atoms with E-state index in [0.717, 1.165) is 28.0 Å². The van der Waals surface area contributed by atoms with Crippen molar-refractivity contribution in [2.45, 2.75) is 6.54 Å². The van der Waals surface area contributed by atoms with Crippen LogP contribution in [0.5, 0.6) is 0 Å². The minimum atomic E-state index is 0.550. The highest BCUT2D eigenvalue weighted by molar-refractivity contribution is 5.77. The van der Waals surface area contributed by atoms with Crippen LogP contribution in [-0.4, -0.2) is 9.55 Å². The maximum Gasteiger partial charge on any atom is 0.187 e. The van der Waals surface area contributed by atoms with Gasteiger partial charge < -0.3 is 4.57 Å². The summed E-state index contributed by atoms with van der Waals surface area (Å²) >= 11 is 0. The maximum atomic E-state index is 4.67. The Bertz CT molecular complexity index is 1150.